The lowest BCUT2D eigenvalue weighted by Gasteiger charge is -2.28. The Morgan fingerprint density at radius 3 is 2.44 bits per heavy atom. The molecule has 98 valence electrons. The average Bonchev–Trinajstić information content (AvgIpc) is 3.19. The number of benzene rings is 1. The molecule has 1 aromatic carbocycles. The van der Waals surface area contributed by atoms with E-state index >= 15 is 0 Å². The van der Waals surface area contributed by atoms with Crippen molar-refractivity contribution in [3.8, 4) is 0 Å². The molecule has 1 nitrogen and oxygen atoms in total. The van der Waals surface area contributed by atoms with Crippen LogP contribution in [-0.4, -0.2) is 5.11 Å². The van der Waals surface area contributed by atoms with Gasteiger partial charge < -0.3 is 5.11 Å². The maximum Gasteiger partial charge on any atom is 0.0899 e. The van der Waals surface area contributed by atoms with Crippen molar-refractivity contribution in [1.82, 2.24) is 0 Å². The molecule has 0 radical (unpaired) electrons. The second-order valence-electron chi connectivity index (χ2n) is 6.57. The van der Waals surface area contributed by atoms with E-state index in [0.29, 0.717) is 11.8 Å². The van der Waals surface area contributed by atoms with Crippen LogP contribution in [0.5, 0.6) is 0 Å². The molecule has 0 amide bonds. The maximum absolute atomic E-state index is 10.8. The van der Waals surface area contributed by atoms with E-state index in [1.165, 1.54) is 36.8 Å². The fourth-order valence-electron chi connectivity index (χ4n) is 3.41. The van der Waals surface area contributed by atoms with Crippen molar-refractivity contribution in [2.75, 3.05) is 0 Å². The van der Waals surface area contributed by atoms with Crippen LogP contribution in [0.4, 0.5) is 0 Å². The van der Waals surface area contributed by atoms with Crippen LogP contribution in [-0.2, 0) is 5.60 Å². The Balaban J connectivity index is 1.97. The minimum atomic E-state index is -0.622. The fraction of sp³-hybridized carbons (Fsp3) is 0.647. The van der Waals surface area contributed by atoms with E-state index in [-0.39, 0.29) is 0 Å². The van der Waals surface area contributed by atoms with Crippen LogP contribution in [0, 0.1) is 18.8 Å². The van der Waals surface area contributed by atoms with Crippen molar-refractivity contribution in [1.29, 1.82) is 0 Å². The summed E-state index contributed by atoms with van der Waals surface area (Å²) in [6, 6.07) is 6.51. The Morgan fingerprint density at radius 1 is 1.22 bits per heavy atom. The van der Waals surface area contributed by atoms with Crippen molar-refractivity contribution in [3.05, 3.63) is 34.9 Å². The van der Waals surface area contributed by atoms with E-state index in [0.717, 1.165) is 11.5 Å². The summed E-state index contributed by atoms with van der Waals surface area (Å²) in [7, 11) is 0. The molecule has 2 saturated carbocycles. The smallest absolute Gasteiger partial charge is 0.0899 e. The van der Waals surface area contributed by atoms with Crippen LogP contribution >= 0.6 is 0 Å². The zero-order chi connectivity index (χ0) is 12.9. The lowest BCUT2D eigenvalue weighted by Crippen LogP contribution is -2.25. The number of rotatable bonds is 4. The van der Waals surface area contributed by atoms with Crippen LogP contribution < -0.4 is 0 Å². The van der Waals surface area contributed by atoms with E-state index in [1.54, 1.807) is 0 Å². The molecule has 3 rings (SSSR count). The summed E-state index contributed by atoms with van der Waals surface area (Å²) < 4.78 is 0. The SMILES string of the molecule is Cc1c(C(C)C2CC2)cccc1C(C)(O)C1CC1. The van der Waals surface area contributed by atoms with Gasteiger partial charge in [0.2, 0.25) is 0 Å². The highest BCUT2D eigenvalue weighted by molar-refractivity contribution is 5.40. The van der Waals surface area contributed by atoms with Crippen molar-refractivity contribution >= 4 is 0 Å². The summed E-state index contributed by atoms with van der Waals surface area (Å²) >= 11 is 0. The van der Waals surface area contributed by atoms with Crippen LogP contribution in [0.25, 0.3) is 0 Å². The molecule has 1 N–H and O–H groups in total. The van der Waals surface area contributed by atoms with E-state index in [9.17, 15) is 5.11 Å². The minimum absolute atomic E-state index is 0.475. The topological polar surface area (TPSA) is 20.2 Å². The van der Waals surface area contributed by atoms with Gasteiger partial charge in [0.05, 0.1) is 5.60 Å². The van der Waals surface area contributed by atoms with Crippen LogP contribution in [0.3, 0.4) is 0 Å². The van der Waals surface area contributed by atoms with Gasteiger partial charge in [-0.2, -0.15) is 0 Å². The van der Waals surface area contributed by atoms with Crippen LogP contribution in [0.1, 0.15) is 62.1 Å². The molecule has 2 atom stereocenters. The van der Waals surface area contributed by atoms with Gasteiger partial charge in [-0.05, 0) is 74.0 Å². The van der Waals surface area contributed by atoms with E-state index in [1.807, 2.05) is 6.92 Å². The fourth-order valence-corrected chi connectivity index (χ4v) is 3.41. The first-order chi connectivity index (χ1) is 8.51. The summed E-state index contributed by atoms with van der Waals surface area (Å²) in [5, 5.41) is 10.8. The molecule has 0 spiro atoms. The Morgan fingerprint density at radius 2 is 1.89 bits per heavy atom. The molecule has 0 heterocycles. The Labute approximate surface area is 110 Å². The van der Waals surface area contributed by atoms with E-state index in [4.69, 9.17) is 0 Å². The first-order valence-electron chi connectivity index (χ1n) is 7.34. The molecule has 2 aliphatic carbocycles. The molecule has 2 unspecified atom stereocenters. The summed E-state index contributed by atoms with van der Waals surface area (Å²) in [4.78, 5) is 0. The van der Waals surface area contributed by atoms with E-state index in [2.05, 4.69) is 32.0 Å². The van der Waals surface area contributed by atoms with Crippen LogP contribution in [0.2, 0.25) is 0 Å². The Hall–Kier alpha value is -0.820. The Bertz CT molecular complexity index is 453. The van der Waals surface area contributed by atoms with Crippen molar-refractivity contribution in [3.63, 3.8) is 0 Å². The van der Waals surface area contributed by atoms with Gasteiger partial charge in [0.15, 0.2) is 0 Å². The third-order valence-electron chi connectivity index (χ3n) is 5.11. The molecule has 0 saturated heterocycles. The van der Waals surface area contributed by atoms with Gasteiger partial charge in [-0.25, -0.2) is 0 Å². The third-order valence-corrected chi connectivity index (χ3v) is 5.11. The van der Waals surface area contributed by atoms with Gasteiger partial charge in [0.1, 0.15) is 0 Å². The Kier molecular flexibility index (Phi) is 2.78. The van der Waals surface area contributed by atoms with Crippen molar-refractivity contribution in [2.24, 2.45) is 11.8 Å². The number of hydrogen-bond donors (Lipinski definition) is 1. The number of hydrogen-bond acceptors (Lipinski definition) is 1. The van der Waals surface area contributed by atoms with Gasteiger partial charge in [-0.3, -0.25) is 0 Å². The molecule has 0 aliphatic heterocycles. The highest BCUT2D eigenvalue weighted by Gasteiger charge is 2.42. The van der Waals surface area contributed by atoms with Gasteiger partial charge in [0.25, 0.3) is 0 Å². The molecular formula is C17H24O. The maximum atomic E-state index is 10.8. The van der Waals surface area contributed by atoms with Crippen LogP contribution in [0.15, 0.2) is 18.2 Å². The number of aliphatic hydroxyl groups is 1. The minimum Gasteiger partial charge on any atom is -0.385 e. The normalized spacial score (nSPS) is 24.7. The van der Waals surface area contributed by atoms with Crippen molar-refractivity contribution in [2.45, 2.75) is 58.0 Å². The standard InChI is InChI=1S/C17H24O/c1-11(13-7-8-13)15-5-4-6-16(12(15)2)17(3,18)14-9-10-14/h4-6,11,13-14,18H,7-10H2,1-3H3. The summed E-state index contributed by atoms with van der Waals surface area (Å²) in [6.07, 6.45) is 5.11. The third kappa shape index (κ3) is 1.99. The van der Waals surface area contributed by atoms with E-state index < -0.39 is 5.60 Å². The molecule has 0 aromatic heterocycles. The largest absolute Gasteiger partial charge is 0.385 e. The molecule has 2 aliphatic rings. The molecule has 1 aromatic rings. The predicted octanol–water partition coefficient (Wildman–Crippen LogP) is 4.13. The molecular weight excluding hydrogens is 220 g/mol. The van der Waals surface area contributed by atoms with Crippen molar-refractivity contribution < 1.29 is 5.11 Å². The predicted molar refractivity (Wildman–Crippen MR) is 74.6 cm³/mol. The quantitative estimate of drug-likeness (QED) is 0.844. The summed E-state index contributed by atoms with van der Waals surface area (Å²) in [5.74, 6) is 2.01. The molecule has 2 fully saturated rings. The highest BCUT2D eigenvalue weighted by atomic mass is 16.3. The zero-order valence-electron chi connectivity index (χ0n) is 11.7. The second kappa shape index (κ2) is 4.09. The van der Waals surface area contributed by atoms with Gasteiger partial charge in [0, 0.05) is 0 Å². The van der Waals surface area contributed by atoms with Gasteiger partial charge >= 0.3 is 0 Å². The zero-order valence-corrected chi connectivity index (χ0v) is 11.7. The van der Waals surface area contributed by atoms with Gasteiger partial charge in [-0.1, -0.05) is 25.1 Å². The lowest BCUT2D eigenvalue weighted by molar-refractivity contribution is 0.0323. The summed E-state index contributed by atoms with van der Waals surface area (Å²) in [6.45, 7) is 6.54. The molecule has 1 heteroatoms. The first kappa shape index (κ1) is 12.2. The average molecular weight is 244 g/mol. The first-order valence-corrected chi connectivity index (χ1v) is 7.34. The van der Waals surface area contributed by atoms with Gasteiger partial charge in [-0.15, -0.1) is 0 Å². The highest BCUT2D eigenvalue weighted by Crippen LogP contribution is 2.48. The summed E-state index contributed by atoms with van der Waals surface area (Å²) in [5.41, 5.74) is 3.32. The molecule has 18 heavy (non-hydrogen) atoms. The molecule has 0 bridgehead atoms. The second-order valence-corrected chi connectivity index (χ2v) is 6.57. The monoisotopic (exact) mass is 244 g/mol. The lowest BCUT2D eigenvalue weighted by atomic mass is 9.82.